The van der Waals surface area contributed by atoms with Gasteiger partial charge < -0.3 is 5.32 Å². The smallest absolute Gasteiger partial charge is 0.0462 e. The summed E-state index contributed by atoms with van der Waals surface area (Å²) in [7, 11) is 0. The summed E-state index contributed by atoms with van der Waals surface area (Å²) in [6, 6.07) is 10.4. The van der Waals surface area contributed by atoms with E-state index in [0.717, 1.165) is 0 Å². The zero-order valence-corrected chi connectivity index (χ0v) is 13.9. The van der Waals surface area contributed by atoms with Gasteiger partial charge in [0.25, 0.3) is 0 Å². The summed E-state index contributed by atoms with van der Waals surface area (Å²) in [5.74, 6) is 0. The van der Waals surface area contributed by atoms with Crippen LogP contribution >= 0.6 is 0 Å². The summed E-state index contributed by atoms with van der Waals surface area (Å²) in [6.45, 7) is 4.48. The third-order valence-electron chi connectivity index (χ3n) is 3.99. The standard InChI is InChI=1S/C20H34N/c1-2-3-4-5-6-7-8-9-10-11-12-16-19-21-20-17-14-13-15-18-20/h13-15,17-19,21H,2-12,16H2,1H3. The van der Waals surface area contributed by atoms with Crippen molar-refractivity contribution in [1.29, 1.82) is 0 Å². The molecule has 0 spiro atoms. The Hall–Kier alpha value is -0.980. The molecular formula is C20H34N. The minimum atomic E-state index is 1.17. The molecule has 0 atom stereocenters. The summed E-state index contributed by atoms with van der Waals surface area (Å²) >= 11 is 0. The van der Waals surface area contributed by atoms with E-state index in [2.05, 4.69) is 49.1 Å². The van der Waals surface area contributed by atoms with Gasteiger partial charge >= 0.3 is 0 Å². The van der Waals surface area contributed by atoms with Gasteiger partial charge in [-0.1, -0.05) is 95.8 Å². The van der Waals surface area contributed by atoms with Crippen LogP contribution in [-0.4, -0.2) is 0 Å². The monoisotopic (exact) mass is 288 g/mol. The van der Waals surface area contributed by atoms with Crippen LogP contribution in [0.15, 0.2) is 30.3 Å². The molecular weight excluding hydrogens is 254 g/mol. The van der Waals surface area contributed by atoms with Crippen molar-refractivity contribution in [1.82, 2.24) is 0 Å². The van der Waals surface area contributed by atoms with Gasteiger partial charge in [-0.05, 0) is 18.6 Å². The van der Waals surface area contributed by atoms with Crippen molar-refractivity contribution in [3.8, 4) is 0 Å². The van der Waals surface area contributed by atoms with Gasteiger partial charge in [-0.15, -0.1) is 0 Å². The maximum Gasteiger partial charge on any atom is 0.0462 e. The molecule has 0 fully saturated rings. The first-order valence-corrected chi connectivity index (χ1v) is 9.06. The first-order valence-electron chi connectivity index (χ1n) is 9.06. The molecule has 1 nitrogen and oxygen atoms in total. The van der Waals surface area contributed by atoms with Crippen molar-refractivity contribution >= 4 is 5.69 Å². The molecule has 0 aliphatic carbocycles. The average Bonchev–Trinajstić information content (AvgIpc) is 2.53. The largest absolute Gasteiger partial charge is 0.380 e. The summed E-state index contributed by atoms with van der Waals surface area (Å²) in [5.41, 5.74) is 1.19. The average molecular weight is 288 g/mol. The predicted octanol–water partition coefficient (Wildman–Crippen LogP) is 6.96. The fraction of sp³-hybridized carbons (Fsp3) is 0.650. The maximum absolute atomic E-state index is 3.36. The van der Waals surface area contributed by atoms with Gasteiger partial charge in [0.1, 0.15) is 0 Å². The van der Waals surface area contributed by atoms with Gasteiger partial charge in [-0.25, -0.2) is 0 Å². The fourth-order valence-corrected chi connectivity index (χ4v) is 2.64. The van der Waals surface area contributed by atoms with Gasteiger partial charge in [-0.2, -0.15) is 0 Å². The van der Waals surface area contributed by atoms with E-state index in [4.69, 9.17) is 0 Å². The van der Waals surface area contributed by atoms with Crippen molar-refractivity contribution in [2.24, 2.45) is 0 Å². The van der Waals surface area contributed by atoms with Crippen LogP contribution in [0.25, 0.3) is 0 Å². The summed E-state index contributed by atoms with van der Waals surface area (Å²) in [5, 5.41) is 3.36. The molecule has 1 N–H and O–H groups in total. The Morgan fingerprint density at radius 3 is 1.81 bits per heavy atom. The van der Waals surface area contributed by atoms with Gasteiger partial charge in [0.2, 0.25) is 0 Å². The van der Waals surface area contributed by atoms with E-state index >= 15 is 0 Å². The van der Waals surface area contributed by atoms with E-state index in [1.807, 2.05) is 0 Å². The highest BCUT2D eigenvalue weighted by molar-refractivity contribution is 5.43. The fourth-order valence-electron chi connectivity index (χ4n) is 2.64. The molecule has 1 radical (unpaired) electrons. The van der Waals surface area contributed by atoms with E-state index in [9.17, 15) is 0 Å². The van der Waals surface area contributed by atoms with Crippen molar-refractivity contribution in [2.45, 2.75) is 84.0 Å². The third-order valence-corrected chi connectivity index (χ3v) is 3.99. The molecule has 1 aromatic carbocycles. The molecule has 0 aliphatic rings. The van der Waals surface area contributed by atoms with Crippen molar-refractivity contribution < 1.29 is 0 Å². The molecule has 1 rings (SSSR count). The lowest BCUT2D eigenvalue weighted by Gasteiger charge is -2.05. The lowest BCUT2D eigenvalue weighted by molar-refractivity contribution is 0.549. The molecule has 0 saturated carbocycles. The Labute approximate surface area is 132 Å². The zero-order chi connectivity index (χ0) is 15.0. The minimum Gasteiger partial charge on any atom is -0.380 e. The summed E-state index contributed by atoms with van der Waals surface area (Å²) < 4.78 is 0. The highest BCUT2D eigenvalue weighted by Crippen LogP contribution is 2.13. The Kier molecular flexibility index (Phi) is 12.0. The van der Waals surface area contributed by atoms with Crippen LogP contribution in [0.3, 0.4) is 0 Å². The minimum absolute atomic E-state index is 1.17. The van der Waals surface area contributed by atoms with Gasteiger partial charge in [-0.3, -0.25) is 0 Å². The number of hydrogen-bond donors (Lipinski definition) is 1. The maximum atomic E-state index is 3.36. The number of hydrogen-bond acceptors (Lipinski definition) is 1. The molecule has 0 unspecified atom stereocenters. The molecule has 21 heavy (non-hydrogen) atoms. The second-order valence-electron chi connectivity index (χ2n) is 6.04. The van der Waals surface area contributed by atoms with E-state index in [-0.39, 0.29) is 0 Å². The van der Waals surface area contributed by atoms with Crippen LogP contribution in [0.4, 0.5) is 5.69 Å². The van der Waals surface area contributed by atoms with Gasteiger partial charge in [0.05, 0.1) is 0 Å². The highest BCUT2D eigenvalue weighted by atomic mass is 14.9. The molecule has 0 bridgehead atoms. The Morgan fingerprint density at radius 2 is 1.24 bits per heavy atom. The van der Waals surface area contributed by atoms with E-state index in [1.165, 1.54) is 82.7 Å². The van der Waals surface area contributed by atoms with Crippen molar-refractivity contribution in [3.63, 3.8) is 0 Å². The van der Waals surface area contributed by atoms with E-state index < -0.39 is 0 Å². The molecule has 0 aliphatic heterocycles. The van der Waals surface area contributed by atoms with Gasteiger partial charge in [0, 0.05) is 12.2 Å². The normalized spacial score (nSPS) is 10.7. The van der Waals surface area contributed by atoms with Crippen molar-refractivity contribution in [2.75, 3.05) is 5.32 Å². The topological polar surface area (TPSA) is 12.0 Å². The van der Waals surface area contributed by atoms with Crippen LogP contribution in [0.1, 0.15) is 84.0 Å². The Balaban J connectivity index is 1.75. The highest BCUT2D eigenvalue weighted by Gasteiger charge is 1.94. The first kappa shape index (κ1) is 18.1. The number of benzene rings is 1. The summed E-state index contributed by atoms with van der Waals surface area (Å²) in [6.07, 6.45) is 16.7. The van der Waals surface area contributed by atoms with Crippen LogP contribution in [0.5, 0.6) is 0 Å². The zero-order valence-electron chi connectivity index (χ0n) is 13.9. The van der Waals surface area contributed by atoms with Crippen molar-refractivity contribution in [3.05, 3.63) is 36.9 Å². The van der Waals surface area contributed by atoms with E-state index in [0.29, 0.717) is 0 Å². The van der Waals surface area contributed by atoms with Crippen LogP contribution in [-0.2, 0) is 0 Å². The van der Waals surface area contributed by atoms with Crippen LogP contribution in [0, 0.1) is 6.54 Å². The predicted molar refractivity (Wildman–Crippen MR) is 95.4 cm³/mol. The van der Waals surface area contributed by atoms with Gasteiger partial charge in [0.15, 0.2) is 0 Å². The number of para-hydroxylation sites is 1. The number of nitrogens with one attached hydrogen (secondary N) is 1. The quantitative estimate of drug-likeness (QED) is 0.365. The molecule has 0 heterocycles. The lowest BCUT2D eigenvalue weighted by atomic mass is 10.1. The first-order chi connectivity index (χ1) is 10.4. The third kappa shape index (κ3) is 11.4. The molecule has 119 valence electrons. The number of unbranched alkanes of at least 4 members (excludes halogenated alkanes) is 11. The molecule has 0 aromatic heterocycles. The summed E-state index contributed by atoms with van der Waals surface area (Å²) in [4.78, 5) is 0. The molecule has 1 heteroatoms. The SMILES string of the molecule is CCCCCCCCCCCCC[CH]Nc1ccccc1. The molecule has 0 amide bonds. The van der Waals surface area contributed by atoms with E-state index in [1.54, 1.807) is 0 Å². The Morgan fingerprint density at radius 1 is 0.714 bits per heavy atom. The lowest BCUT2D eigenvalue weighted by Crippen LogP contribution is -1.94. The number of anilines is 1. The molecule has 0 saturated heterocycles. The number of rotatable bonds is 14. The molecule has 1 aromatic rings. The second-order valence-corrected chi connectivity index (χ2v) is 6.04. The van der Waals surface area contributed by atoms with Crippen LogP contribution < -0.4 is 5.32 Å². The second kappa shape index (κ2) is 14.0. The Bertz CT molecular complexity index is 307. The van der Waals surface area contributed by atoms with Crippen LogP contribution in [0.2, 0.25) is 0 Å².